The van der Waals surface area contributed by atoms with E-state index in [1.54, 1.807) is 0 Å². The van der Waals surface area contributed by atoms with Crippen LogP contribution in [0.1, 0.15) is 25.7 Å². The second-order valence-corrected chi connectivity index (χ2v) is 5.85. The molecule has 0 saturated heterocycles. The molecule has 0 unspecified atom stereocenters. The van der Waals surface area contributed by atoms with Gasteiger partial charge in [0.25, 0.3) is 0 Å². The molecule has 0 amide bonds. The Morgan fingerprint density at radius 2 is 1.79 bits per heavy atom. The van der Waals surface area contributed by atoms with E-state index in [1.165, 1.54) is 0 Å². The summed E-state index contributed by atoms with van der Waals surface area (Å²) in [7, 11) is -4.02. The molecular formula is C12H17F2NO3S. The van der Waals surface area contributed by atoms with Gasteiger partial charge in [-0.1, -0.05) is 12.8 Å². The van der Waals surface area contributed by atoms with Gasteiger partial charge in [0.2, 0.25) is 10.0 Å². The number of halogens is 2. The Hall–Kier alpha value is -1.05. The number of nitrogens with one attached hydrogen (secondary N) is 1. The molecule has 1 aromatic carbocycles. The minimum Gasteiger partial charge on any atom is -0.396 e. The van der Waals surface area contributed by atoms with Crippen LogP contribution in [0.2, 0.25) is 0 Å². The molecule has 0 aliphatic rings. The van der Waals surface area contributed by atoms with Crippen molar-refractivity contribution in [1.29, 1.82) is 0 Å². The van der Waals surface area contributed by atoms with Crippen molar-refractivity contribution < 1.29 is 22.3 Å². The Balaban J connectivity index is 2.54. The zero-order valence-electron chi connectivity index (χ0n) is 10.4. The number of sulfonamides is 1. The van der Waals surface area contributed by atoms with Crippen molar-refractivity contribution in [3.05, 3.63) is 29.8 Å². The molecule has 4 nitrogen and oxygen atoms in total. The lowest BCUT2D eigenvalue weighted by atomic mass is 10.2. The van der Waals surface area contributed by atoms with E-state index in [2.05, 4.69) is 4.72 Å². The first kappa shape index (κ1) is 16.0. The number of aliphatic hydroxyl groups is 1. The largest absolute Gasteiger partial charge is 0.396 e. The number of hydrogen-bond donors (Lipinski definition) is 2. The van der Waals surface area contributed by atoms with Crippen molar-refractivity contribution in [2.24, 2.45) is 0 Å². The van der Waals surface area contributed by atoms with Crippen molar-refractivity contribution in [3.8, 4) is 0 Å². The highest BCUT2D eigenvalue weighted by Crippen LogP contribution is 2.15. The summed E-state index contributed by atoms with van der Waals surface area (Å²) in [5.74, 6) is -1.78. The molecule has 0 heterocycles. The minimum absolute atomic E-state index is 0.111. The predicted molar refractivity (Wildman–Crippen MR) is 67.1 cm³/mol. The van der Waals surface area contributed by atoms with E-state index in [-0.39, 0.29) is 13.2 Å². The molecule has 0 aromatic heterocycles. The molecule has 1 rings (SSSR count). The summed E-state index contributed by atoms with van der Waals surface area (Å²) in [5.41, 5.74) is 0. The fraction of sp³-hybridized carbons (Fsp3) is 0.500. The van der Waals surface area contributed by atoms with Crippen LogP contribution >= 0.6 is 0 Å². The molecule has 108 valence electrons. The summed E-state index contributed by atoms with van der Waals surface area (Å²) in [5, 5.41) is 8.57. The third kappa shape index (κ3) is 5.22. The van der Waals surface area contributed by atoms with Gasteiger partial charge in [-0.05, 0) is 31.0 Å². The average Bonchev–Trinajstić information content (AvgIpc) is 2.36. The Morgan fingerprint density at radius 3 is 2.47 bits per heavy atom. The molecule has 0 bridgehead atoms. The molecule has 0 atom stereocenters. The summed E-state index contributed by atoms with van der Waals surface area (Å²) < 4.78 is 51.9. The van der Waals surface area contributed by atoms with Crippen LogP contribution < -0.4 is 4.72 Å². The van der Waals surface area contributed by atoms with E-state index in [0.717, 1.165) is 25.0 Å². The van der Waals surface area contributed by atoms with Gasteiger partial charge in [0, 0.05) is 13.2 Å². The summed E-state index contributed by atoms with van der Waals surface area (Å²) >= 11 is 0. The lowest BCUT2D eigenvalue weighted by Crippen LogP contribution is -2.25. The van der Waals surface area contributed by atoms with E-state index >= 15 is 0 Å². The SMILES string of the molecule is O=S(=O)(NCCCCCCO)c1cc(F)ccc1F. The molecule has 7 heteroatoms. The van der Waals surface area contributed by atoms with Crippen molar-refractivity contribution in [2.45, 2.75) is 30.6 Å². The Morgan fingerprint density at radius 1 is 1.11 bits per heavy atom. The highest BCUT2D eigenvalue weighted by Gasteiger charge is 2.19. The number of aliphatic hydroxyl groups excluding tert-OH is 1. The van der Waals surface area contributed by atoms with Crippen LogP contribution in [0.15, 0.2) is 23.1 Å². The maximum Gasteiger partial charge on any atom is 0.243 e. The lowest BCUT2D eigenvalue weighted by Gasteiger charge is -2.07. The van der Waals surface area contributed by atoms with E-state index in [9.17, 15) is 17.2 Å². The van der Waals surface area contributed by atoms with Crippen LogP contribution in [0, 0.1) is 11.6 Å². The van der Waals surface area contributed by atoms with Gasteiger partial charge in [0.15, 0.2) is 0 Å². The van der Waals surface area contributed by atoms with Gasteiger partial charge in [-0.15, -0.1) is 0 Å². The lowest BCUT2D eigenvalue weighted by molar-refractivity contribution is 0.282. The molecule has 1 aromatic rings. The van der Waals surface area contributed by atoms with Crippen LogP contribution in [0.25, 0.3) is 0 Å². The molecule has 0 saturated carbocycles. The number of hydrogen-bond acceptors (Lipinski definition) is 3. The third-order valence-corrected chi connectivity index (χ3v) is 4.04. The molecule has 0 aliphatic heterocycles. The molecule has 0 aliphatic carbocycles. The van der Waals surface area contributed by atoms with E-state index in [1.807, 2.05) is 0 Å². The topological polar surface area (TPSA) is 66.4 Å². The molecular weight excluding hydrogens is 276 g/mol. The quantitative estimate of drug-likeness (QED) is 0.718. The van der Waals surface area contributed by atoms with Gasteiger partial charge in [0.05, 0.1) is 0 Å². The molecule has 19 heavy (non-hydrogen) atoms. The van der Waals surface area contributed by atoms with Gasteiger partial charge >= 0.3 is 0 Å². The first-order valence-electron chi connectivity index (χ1n) is 6.03. The van der Waals surface area contributed by atoms with Gasteiger partial charge in [-0.2, -0.15) is 0 Å². The molecule has 0 radical (unpaired) electrons. The van der Waals surface area contributed by atoms with Crippen molar-refractivity contribution in [1.82, 2.24) is 4.72 Å². The number of unbranched alkanes of at least 4 members (excludes halogenated alkanes) is 3. The van der Waals surface area contributed by atoms with Crippen LogP contribution in [0.4, 0.5) is 8.78 Å². The van der Waals surface area contributed by atoms with Crippen LogP contribution in [0.3, 0.4) is 0 Å². The Kier molecular flexibility index (Phi) is 6.33. The number of benzene rings is 1. The summed E-state index contributed by atoms with van der Waals surface area (Å²) in [6, 6.07) is 2.30. The first-order chi connectivity index (χ1) is 8.97. The van der Waals surface area contributed by atoms with Crippen molar-refractivity contribution in [2.75, 3.05) is 13.2 Å². The van der Waals surface area contributed by atoms with E-state index < -0.39 is 26.6 Å². The summed E-state index contributed by atoms with van der Waals surface area (Å²) in [4.78, 5) is -0.678. The van der Waals surface area contributed by atoms with Crippen molar-refractivity contribution >= 4 is 10.0 Å². The van der Waals surface area contributed by atoms with Gasteiger partial charge in [-0.3, -0.25) is 0 Å². The Labute approximate surface area is 111 Å². The highest BCUT2D eigenvalue weighted by molar-refractivity contribution is 7.89. The fourth-order valence-electron chi connectivity index (χ4n) is 1.56. The minimum atomic E-state index is -4.02. The van der Waals surface area contributed by atoms with Crippen LogP contribution in [0.5, 0.6) is 0 Å². The van der Waals surface area contributed by atoms with Crippen LogP contribution in [-0.4, -0.2) is 26.7 Å². The zero-order chi connectivity index (χ0) is 14.3. The maximum atomic E-state index is 13.3. The molecule has 2 N–H and O–H groups in total. The number of rotatable bonds is 8. The zero-order valence-corrected chi connectivity index (χ0v) is 11.2. The maximum absolute atomic E-state index is 13.3. The molecule has 0 spiro atoms. The first-order valence-corrected chi connectivity index (χ1v) is 7.51. The average molecular weight is 293 g/mol. The normalized spacial score (nSPS) is 11.7. The van der Waals surface area contributed by atoms with E-state index in [4.69, 9.17) is 5.11 Å². The standard InChI is InChI=1S/C12H17F2NO3S/c13-10-5-6-11(14)12(9-10)19(17,18)15-7-3-1-2-4-8-16/h5-6,9,15-16H,1-4,7-8H2. The van der Waals surface area contributed by atoms with Crippen LogP contribution in [-0.2, 0) is 10.0 Å². The molecule has 0 fully saturated rings. The highest BCUT2D eigenvalue weighted by atomic mass is 32.2. The second-order valence-electron chi connectivity index (χ2n) is 4.11. The third-order valence-electron chi connectivity index (χ3n) is 2.56. The van der Waals surface area contributed by atoms with Gasteiger partial charge in [0.1, 0.15) is 16.5 Å². The second kappa shape index (κ2) is 7.52. The monoisotopic (exact) mass is 293 g/mol. The fourth-order valence-corrected chi connectivity index (χ4v) is 2.72. The summed E-state index contributed by atoms with van der Waals surface area (Å²) in [6.07, 6.45) is 2.81. The van der Waals surface area contributed by atoms with Gasteiger partial charge in [-0.25, -0.2) is 21.9 Å². The predicted octanol–water partition coefficient (Wildman–Crippen LogP) is 1.80. The van der Waals surface area contributed by atoms with Crippen molar-refractivity contribution in [3.63, 3.8) is 0 Å². The van der Waals surface area contributed by atoms with Gasteiger partial charge < -0.3 is 5.11 Å². The smallest absolute Gasteiger partial charge is 0.243 e. The summed E-state index contributed by atoms with van der Waals surface area (Å²) in [6.45, 7) is 0.268. The van der Waals surface area contributed by atoms with E-state index in [0.29, 0.717) is 18.9 Å². The Bertz CT molecular complexity index is 506.